The zero-order chi connectivity index (χ0) is 22.8. The number of nitrogens with one attached hydrogen (secondary N) is 1. The van der Waals surface area contributed by atoms with Gasteiger partial charge in [0.25, 0.3) is 0 Å². The SMILES string of the molecule is CC(=O)c1ccc(S(=O)(=O)N(C)CC(=O)Nc2nc(-c3cc(Cl)ccc3Cl)cs2)cc1. The molecule has 1 aromatic heterocycles. The predicted molar refractivity (Wildman–Crippen MR) is 122 cm³/mol. The molecule has 0 unspecified atom stereocenters. The largest absolute Gasteiger partial charge is 0.301 e. The number of carbonyl (C=O) groups excluding carboxylic acids is 2. The minimum atomic E-state index is -3.90. The van der Waals surface area contributed by atoms with Gasteiger partial charge in [-0.05, 0) is 37.3 Å². The summed E-state index contributed by atoms with van der Waals surface area (Å²) in [5, 5.41) is 5.57. The molecule has 1 N–H and O–H groups in total. The van der Waals surface area contributed by atoms with E-state index < -0.39 is 22.5 Å². The first kappa shape index (κ1) is 23.4. The summed E-state index contributed by atoms with van der Waals surface area (Å²) in [5.74, 6) is -0.719. The third-order valence-electron chi connectivity index (χ3n) is 4.29. The molecule has 0 saturated heterocycles. The standard InChI is InChI=1S/C20H17Cl2N3O4S2/c1-12(26)13-3-6-15(7-4-13)31(28,29)25(2)10-19(27)24-20-23-18(11-30-20)16-9-14(21)5-8-17(16)22/h3-9,11H,10H2,1-2H3,(H,23,24,27). The lowest BCUT2D eigenvalue weighted by Gasteiger charge is -2.16. The fourth-order valence-electron chi connectivity index (χ4n) is 2.64. The van der Waals surface area contributed by atoms with Gasteiger partial charge in [-0.15, -0.1) is 11.3 Å². The van der Waals surface area contributed by atoms with Gasteiger partial charge in [0.2, 0.25) is 15.9 Å². The van der Waals surface area contributed by atoms with Gasteiger partial charge in [0.1, 0.15) is 0 Å². The summed E-state index contributed by atoms with van der Waals surface area (Å²) < 4.78 is 26.3. The van der Waals surface area contributed by atoms with E-state index >= 15 is 0 Å². The van der Waals surface area contributed by atoms with Crippen molar-refractivity contribution in [3.8, 4) is 11.3 Å². The van der Waals surface area contributed by atoms with Crippen molar-refractivity contribution in [2.75, 3.05) is 18.9 Å². The van der Waals surface area contributed by atoms with Crippen LogP contribution in [0.2, 0.25) is 10.0 Å². The van der Waals surface area contributed by atoms with Crippen molar-refractivity contribution in [2.45, 2.75) is 11.8 Å². The molecule has 7 nitrogen and oxygen atoms in total. The number of hydrogen-bond donors (Lipinski definition) is 1. The normalized spacial score (nSPS) is 11.5. The number of halogens is 2. The van der Waals surface area contributed by atoms with Crippen LogP contribution in [0.25, 0.3) is 11.3 Å². The van der Waals surface area contributed by atoms with Crippen LogP contribution >= 0.6 is 34.5 Å². The van der Waals surface area contributed by atoms with Gasteiger partial charge in [0.05, 0.1) is 22.2 Å². The summed E-state index contributed by atoms with van der Waals surface area (Å²) in [6.45, 7) is 0.980. The summed E-state index contributed by atoms with van der Waals surface area (Å²) in [4.78, 5) is 28.0. The Morgan fingerprint density at radius 2 is 1.81 bits per heavy atom. The minimum Gasteiger partial charge on any atom is -0.301 e. The number of ketones is 1. The number of thiazole rings is 1. The lowest BCUT2D eigenvalue weighted by atomic mass is 10.2. The van der Waals surface area contributed by atoms with Crippen molar-refractivity contribution >= 4 is 61.4 Å². The zero-order valence-electron chi connectivity index (χ0n) is 16.4. The number of rotatable bonds is 7. The first-order chi connectivity index (χ1) is 14.6. The fraction of sp³-hybridized carbons (Fsp3) is 0.150. The molecule has 2 aromatic carbocycles. The van der Waals surface area contributed by atoms with E-state index in [-0.39, 0.29) is 10.7 Å². The van der Waals surface area contributed by atoms with E-state index in [0.29, 0.717) is 32.0 Å². The van der Waals surface area contributed by atoms with E-state index in [1.807, 2.05) is 0 Å². The molecule has 0 aliphatic carbocycles. The number of carbonyl (C=O) groups is 2. The van der Waals surface area contributed by atoms with Gasteiger partial charge in [0.15, 0.2) is 10.9 Å². The maximum atomic E-state index is 12.7. The number of hydrogen-bond acceptors (Lipinski definition) is 6. The van der Waals surface area contributed by atoms with E-state index in [1.54, 1.807) is 23.6 Å². The van der Waals surface area contributed by atoms with Crippen molar-refractivity contribution in [1.29, 1.82) is 0 Å². The van der Waals surface area contributed by atoms with Crippen LogP contribution in [0.3, 0.4) is 0 Å². The van der Waals surface area contributed by atoms with Crippen LogP contribution in [0.15, 0.2) is 52.7 Å². The molecule has 1 amide bonds. The number of nitrogens with zero attached hydrogens (tertiary/aromatic N) is 2. The Hall–Kier alpha value is -2.30. The quantitative estimate of drug-likeness (QED) is 0.481. The Labute approximate surface area is 193 Å². The van der Waals surface area contributed by atoms with E-state index in [4.69, 9.17) is 23.2 Å². The molecule has 1 heterocycles. The highest BCUT2D eigenvalue weighted by atomic mass is 35.5. The Morgan fingerprint density at radius 3 is 2.45 bits per heavy atom. The average Bonchev–Trinajstić information content (AvgIpc) is 3.17. The number of sulfonamides is 1. The van der Waals surface area contributed by atoms with Gasteiger partial charge in [-0.25, -0.2) is 13.4 Å². The highest BCUT2D eigenvalue weighted by Crippen LogP contribution is 2.32. The van der Waals surface area contributed by atoms with Gasteiger partial charge >= 0.3 is 0 Å². The van der Waals surface area contributed by atoms with Crippen LogP contribution in [-0.2, 0) is 14.8 Å². The lowest BCUT2D eigenvalue weighted by molar-refractivity contribution is -0.116. The molecule has 0 radical (unpaired) electrons. The number of aromatic nitrogens is 1. The smallest absolute Gasteiger partial charge is 0.243 e. The number of anilines is 1. The number of benzene rings is 2. The molecule has 31 heavy (non-hydrogen) atoms. The van der Waals surface area contributed by atoms with Crippen molar-refractivity contribution in [3.63, 3.8) is 0 Å². The molecular weight excluding hydrogens is 481 g/mol. The molecule has 0 atom stereocenters. The molecule has 3 rings (SSSR count). The summed E-state index contributed by atoms with van der Waals surface area (Å²) in [6.07, 6.45) is 0. The molecule has 3 aromatic rings. The fourth-order valence-corrected chi connectivity index (χ4v) is 4.88. The Morgan fingerprint density at radius 1 is 1.13 bits per heavy atom. The van der Waals surface area contributed by atoms with Gasteiger partial charge in [-0.1, -0.05) is 35.3 Å². The molecule has 0 saturated carbocycles. The molecular formula is C20H17Cl2N3O4S2. The minimum absolute atomic E-state index is 0.0140. The van der Waals surface area contributed by atoms with Crippen LogP contribution < -0.4 is 5.32 Å². The number of likely N-dealkylation sites (N-methyl/N-ethyl adjacent to an activating group) is 1. The van der Waals surface area contributed by atoms with Crippen LogP contribution in [0.1, 0.15) is 17.3 Å². The van der Waals surface area contributed by atoms with E-state index in [1.165, 1.54) is 49.6 Å². The first-order valence-electron chi connectivity index (χ1n) is 8.86. The molecule has 0 fully saturated rings. The van der Waals surface area contributed by atoms with Crippen molar-refractivity contribution in [1.82, 2.24) is 9.29 Å². The summed E-state index contributed by atoms with van der Waals surface area (Å²) in [7, 11) is -2.61. The molecule has 0 aliphatic heterocycles. The second-order valence-electron chi connectivity index (χ2n) is 6.55. The lowest BCUT2D eigenvalue weighted by Crippen LogP contribution is -2.34. The molecule has 0 spiro atoms. The van der Waals surface area contributed by atoms with Crippen molar-refractivity contribution < 1.29 is 18.0 Å². The third kappa shape index (κ3) is 5.50. The number of Topliss-reactive ketones (excluding diaryl/α,β-unsaturated/α-hetero) is 1. The Balaban J connectivity index is 1.68. The predicted octanol–water partition coefficient (Wildman–Crippen LogP) is 4.58. The Kier molecular flexibility index (Phi) is 7.13. The van der Waals surface area contributed by atoms with Gasteiger partial charge in [-0.2, -0.15) is 4.31 Å². The maximum Gasteiger partial charge on any atom is 0.243 e. The van der Waals surface area contributed by atoms with Crippen molar-refractivity contribution in [3.05, 3.63) is 63.5 Å². The van der Waals surface area contributed by atoms with E-state index in [9.17, 15) is 18.0 Å². The number of amides is 1. The van der Waals surface area contributed by atoms with Crippen LogP contribution in [0.5, 0.6) is 0 Å². The summed E-state index contributed by atoms with van der Waals surface area (Å²) >= 11 is 13.4. The van der Waals surface area contributed by atoms with Crippen LogP contribution in [0.4, 0.5) is 5.13 Å². The second kappa shape index (κ2) is 9.46. The highest BCUT2D eigenvalue weighted by Gasteiger charge is 2.23. The molecule has 162 valence electrons. The summed E-state index contributed by atoms with van der Waals surface area (Å²) in [5.41, 5.74) is 1.57. The van der Waals surface area contributed by atoms with Gasteiger partial charge in [-0.3, -0.25) is 9.59 Å². The monoisotopic (exact) mass is 497 g/mol. The van der Waals surface area contributed by atoms with E-state index in [0.717, 1.165) is 4.31 Å². The average molecular weight is 498 g/mol. The third-order valence-corrected chi connectivity index (χ3v) is 7.43. The topological polar surface area (TPSA) is 96.4 Å². The highest BCUT2D eigenvalue weighted by molar-refractivity contribution is 7.89. The Bertz CT molecular complexity index is 1240. The van der Waals surface area contributed by atoms with E-state index in [2.05, 4.69) is 10.3 Å². The maximum absolute atomic E-state index is 12.7. The molecule has 0 aliphatic rings. The molecule has 11 heteroatoms. The van der Waals surface area contributed by atoms with Crippen molar-refractivity contribution in [2.24, 2.45) is 0 Å². The first-order valence-corrected chi connectivity index (χ1v) is 11.9. The van der Waals surface area contributed by atoms with Gasteiger partial charge in [0, 0.05) is 28.6 Å². The molecule has 0 bridgehead atoms. The zero-order valence-corrected chi connectivity index (χ0v) is 19.6. The second-order valence-corrected chi connectivity index (χ2v) is 10.3. The van der Waals surface area contributed by atoms with Crippen LogP contribution in [-0.4, -0.2) is 43.0 Å². The van der Waals surface area contributed by atoms with Crippen LogP contribution in [0, 0.1) is 0 Å². The van der Waals surface area contributed by atoms with Gasteiger partial charge < -0.3 is 5.32 Å². The summed E-state index contributed by atoms with van der Waals surface area (Å²) in [6, 6.07) is 10.5.